The summed E-state index contributed by atoms with van der Waals surface area (Å²) in [5, 5.41) is 0. The van der Waals surface area contributed by atoms with Crippen molar-refractivity contribution in [2.75, 3.05) is 7.11 Å². The lowest BCUT2D eigenvalue weighted by molar-refractivity contribution is 0.397. The molecule has 0 radical (unpaired) electrons. The lowest BCUT2D eigenvalue weighted by Gasteiger charge is -2.11. The van der Waals surface area contributed by atoms with Gasteiger partial charge in [-0.25, -0.2) is 9.97 Å². The number of ether oxygens (including phenoxy) is 1. The van der Waals surface area contributed by atoms with Crippen LogP contribution in [0, 0.1) is 0 Å². The largest absolute Gasteiger partial charge is 0.493 e. The van der Waals surface area contributed by atoms with Gasteiger partial charge in [-0.1, -0.05) is 6.92 Å². The fraction of sp³-hybridized carbons (Fsp3) is 0.600. The zero-order valence-electron chi connectivity index (χ0n) is 8.95. The number of hydrogen-bond acceptors (Lipinski definition) is 4. The van der Waals surface area contributed by atoms with Crippen LogP contribution in [-0.2, 0) is 12.8 Å². The molecule has 4 nitrogen and oxygen atoms in total. The molecular formula is C10H17N3O. The van der Waals surface area contributed by atoms with Gasteiger partial charge in [-0.2, -0.15) is 0 Å². The molecule has 1 unspecified atom stereocenters. The maximum atomic E-state index is 5.72. The fourth-order valence-electron chi connectivity index (χ4n) is 1.39. The molecule has 78 valence electrons. The molecule has 1 rings (SSSR count). The molecule has 0 aliphatic heterocycles. The first-order valence-electron chi connectivity index (χ1n) is 4.81. The third-order valence-corrected chi connectivity index (χ3v) is 2.01. The van der Waals surface area contributed by atoms with Crippen LogP contribution < -0.4 is 10.5 Å². The number of aryl methyl sites for hydroxylation is 1. The van der Waals surface area contributed by atoms with E-state index in [0.29, 0.717) is 0 Å². The van der Waals surface area contributed by atoms with Crippen molar-refractivity contribution in [2.45, 2.75) is 32.7 Å². The second-order valence-corrected chi connectivity index (χ2v) is 3.34. The van der Waals surface area contributed by atoms with Gasteiger partial charge in [-0.15, -0.1) is 0 Å². The van der Waals surface area contributed by atoms with Gasteiger partial charge in [0.25, 0.3) is 0 Å². The van der Waals surface area contributed by atoms with E-state index < -0.39 is 0 Å². The van der Waals surface area contributed by atoms with Crippen LogP contribution in [0.25, 0.3) is 0 Å². The smallest absolute Gasteiger partial charge is 0.161 e. The summed E-state index contributed by atoms with van der Waals surface area (Å²) in [6, 6.07) is 0.0866. The fourth-order valence-corrected chi connectivity index (χ4v) is 1.39. The van der Waals surface area contributed by atoms with Crippen LogP contribution in [0.5, 0.6) is 5.75 Å². The second-order valence-electron chi connectivity index (χ2n) is 3.34. The molecule has 0 saturated carbocycles. The number of hydrogen-bond donors (Lipinski definition) is 1. The van der Waals surface area contributed by atoms with Gasteiger partial charge in [-0.3, -0.25) is 0 Å². The van der Waals surface area contributed by atoms with E-state index in [4.69, 9.17) is 10.5 Å². The zero-order valence-corrected chi connectivity index (χ0v) is 8.95. The average Bonchev–Trinajstić information content (AvgIpc) is 2.16. The molecule has 0 saturated heterocycles. The van der Waals surface area contributed by atoms with Gasteiger partial charge in [0, 0.05) is 12.5 Å². The Bertz CT molecular complexity index is 299. The summed E-state index contributed by atoms with van der Waals surface area (Å²) < 4.78 is 5.29. The SMILES string of the molecule is CCc1ncnc(CC(C)N)c1OC. The second kappa shape index (κ2) is 4.91. The number of methoxy groups -OCH3 is 1. The van der Waals surface area contributed by atoms with Crippen molar-refractivity contribution in [2.24, 2.45) is 5.73 Å². The van der Waals surface area contributed by atoms with E-state index in [1.807, 2.05) is 13.8 Å². The summed E-state index contributed by atoms with van der Waals surface area (Å²) in [6.45, 7) is 3.99. The third kappa shape index (κ3) is 2.42. The van der Waals surface area contributed by atoms with Crippen molar-refractivity contribution in [1.82, 2.24) is 9.97 Å². The minimum atomic E-state index is 0.0866. The Hall–Kier alpha value is -1.16. The van der Waals surface area contributed by atoms with Gasteiger partial charge in [0.15, 0.2) is 5.75 Å². The first-order chi connectivity index (χ1) is 6.69. The summed E-state index contributed by atoms with van der Waals surface area (Å²) in [5.41, 5.74) is 7.56. The quantitative estimate of drug-likeness (QED) is 0.776. The molecule has 0 spiro atoms. The predicted octanol–water partition coefficient (Wildman–Crippen LogP) is 0.937. The molecule has 1 aromatic rings. The van der Waals surface area contributed by atoms with Gasteiger partial charge < -0.3 is 10.5 Å². The lowest BCUT2D eigenvalue weighted by atomic mass is 10.1. The van der Waals surface area contributed by atoms with E-state index in [2.05, 4.69) is 9.97 Å². The minimum Gasteiger partial charge on any atom is -0.493 e. The molecule has 4 heteroatoms. The molecule has 1 aromatic heterocycles. The van der Waals surface area contributed by atoms with Crippen molar-refractivity contribution >= 4 is 0 Å². The molecular weight excluding hydrogens is 178 g/mol. The van der Waals surface area contributed by atoms with Gasteiger partial charge in [0.1, 0.15) is 6.33 Å². The molecule has 0 aliphatic carbocycles. The van der Waals surface area contributed by atoms with Crippen molar-refractivity contribution in [3.63, 3.8) is 0 Å². The van der Waals surface area contributed by atoms with E-state index in [1.54, 1.807) is 13.4 Å². The van der Waals surface area contributed by atoms with E-state index in [1.165, 1.54) is 0 Å². The molecule has 0 fully saturated rings. The van der Waals surface area contributed by atoms with Crippen molar-refractivity contribution < 1.29 is 4.74 Å². The van der Waals surface area contributed by atoms with Gasteiger partial charge in [-0.05, 0) is 13.3 Å². The molecule has 0 aliphatic rings. The van der Waals surface area contributed by atoms with Gasteiger partial charge >= 0.3 is 0 Å². The van der Waals surface area contributed by atoms with E-state index >= 15 is 0 Å². The van der Waals surface area contributed by atoms with E-state index in [0.717, 1.165) is 30.0 Å². The molecule has 0 bridgehead atoms. The maximum Gasteiger partial charge on any atom is 0.161 e. The minimum absolute atomic E-state index is 0.0866. The monoisotopic (exact) mass is 195 g/mol. The Kier molecular flexibility index (Phi) is 3.83. The van der Waals surface area contributed by atoms with Crippen LogP contribution in [0.1, 0.15) is 25.2 Å². The normalized spacial score (nSPS) is 12.6. The highest BCUT2D eigenvalue weighted by atomic mass is 16.5. The molecule has 1 atom stereocenters. The van der Waals surface area contributed by atoms with Crippen LogP contribution in [-0.4, -0.2) is 23.1 Å². The number of aromatic nitrogens is 2. The van der Waals surface area contributed by atoms with Crippen molar-refractivity contribution in [3.8, 4) is 5.75 Å². The molecule has 14 heavy (non-hydrogen) atoms. The maximum absolute atomic E-state index is 5.72. The first kappa shape index (κ1) is 10.9. The van der Waals surface area contributed by atoms with Crippen molar-refractivity contribution in [1.29, 1.82) is 0 Å². The van der Waals surface area contributed by atoms with Crippen molar-refractivity contribution in [3.05, 3.63) is 17.7 Å². The summed E-state index contributed by atoms with van der Waals surface area (Å²) in [5.74, 6) is 0.785. The first-order valence-corrected chi connectivity index (χ1v) is 4.81. The number of rotatable bonds is 4. The average molecular weight is 195 g/mol. The van der Waals surface area contributed by atoms with Gasteiger partial charge in [0.2, 0.25) is 0 Å². The summed E-state index contributed by atoms with van der Waals surface area (Å²) in [6.07, 6.45) is 3.13. The molecule has 0 aromatic carbocycles. The summed E-state index contributed by atoms with van der Waals surface area (Å²) in [7, 11) is 1.64. The van der Waals surface area contributed by atoms with Crippen LogP contribution in [0.4, 0.5) is 0 Å². The Morgan fingerprint density at radius 3 is 2.57 bits per heavy atom. The van der Waals surface area contributed by atoms with Crippen LogP contribution >= 0.6 is 0 Å². The standard InChI is InChI=1S/C10H17N3O/c1-4-8-10(14-3)9(5-7(2)11)13-6-12-8/h6-7H,4-5,11H2,1-3H3. The highest BCUT2D eigenvalue weighted by molar-refractivity contribution is 5.32. The van der Waals surface area contributed by atoms with Crippen LogP contribution in [0.15, 0.2) is 6.33 Å². The predicted molar refractivity (Wildman–Crippen MR) is 55.3 cm³/mol. The summed E-state index contributed by atoms with van der Waals surface area (Å²) in [4.78, 5) is 8.34. The van der Waals surface area contributed by atoms with Crippen LogP contribution in [0.3, 0.4) is 0 Å². The zero-order chi connectivity index (χ0) is 10.6. The lowest BCUT2D eigenvalue weighted by Crippen LogP contribution is -2.19. The van der Waals surface area contributed by atoms with E-state index in [9.17, 15) is 0 Å². The Balaban J connectivity index is 3.02. The highest BCUT2D eigenvalue weighted by Gasteiger charge is 2.11. The topological polar surface area (TPSA) is 61.0 Å². The number of nitrogens with two attached hydrogens (primary N) is 1. The molecule has 0 amide bonds. The molecule has 2 N–H and O–H groups in total. The Labute approximate surface area is 84.5 Å². The summed E-state index contributed by atoms with van der Waals surface area (Å²) >= 11 is 0. The Morgan fingerprint density at radius 1 is 1.43 bits per heavy atom. The third-order valence-electron chi connectivity index (χ3n) is 2.01. The molecule has 1 heterocycles. The Morgan fingerprint density at radius 2 is 2.07 bits per heavy atom. The number of nitrogens with zero attached hydrogens (tertiary/aromatic N) is 2. The van der Waals surface area contributed by atoms with Gasteiger partial charge in [0.05, 0.1) is 18.5 Å². The highest BCUT2D eigenvalue weighted by Crippen LogP contribution is 2.20. The van der Waals surface area contributed by atoms with E-state index in [-0.39, 0.29) is 6.04 Å². The van der Waals surface area contributed by atoms with Crippen LogP contribution in [0.2, 0.25) is 0 Å².